The molecule has 2 rings (SSSR count). The van der Waals surface area contributed by atoms with Crippen molar-refractivity contribution in [3.05, 3.63) is 0 Å². The van der Waals surface area contributed by atoms with Crippen molar-refractivity contribution < 1.29 is 39.6 Å². The van der Waals surface area contributed by atoms with E-state index in [1.807, 2.05) is 0 Å². The van der Waals surface area contributed by atoms with Crippen molar-refractivity contribution in [2.45, 2.75) is 70.2 Å². The molecule has 2 amide bonds. The third-order valence-electron chi connectivity index (χ3n) is 5.99. The van der Waals surface area contributed by atoms with Gasteiger partial charge in [0, 0.05) is 0 Å². The van der Waals surface area contributed by atoms with Gasteiger partial charge in [0.25, 0.3) is 0 Å². The zero-order valence-corrected chi connectivity index (χ0v) is 16.4. The predicted octanol–water partition coefficient (Wildman–Crippen LogP) is -0.321. The predicted molar refractivity (Wildman–Crippen MR) is 99.3 cm³/mol. The molecule has 0 spiro atoms. The Kier molecular flexibility index (Phi) is 7.97. The lowest BCUT2D eigenvalue weighted by atomic mass is 9.77. The molecule has 0 aromatic heterocycles. The maximum Gasteiger partial charge on any atom is 0.307 e. The van der Waals surface area contributed by atoms with Gasteiger partial charge in [0.1, 0.15) is 6.17 Å². The summed E-state index contributed by atoms with van der Waals surface area (Å²) in [5.74, 6) is -6.98. The molecule has 10 heteroatoms. The van der Waals surface area contributed by atoms with Gasteiger partial charge in [-0.05, 0) is 44.9 Å². The first-order valence-corrected chi connectivity index (χ1v) is 10.1. The van der Waals surface area contributed by atoms with Crippen LogP contribution < -0.4 is 10.6 Å². The lowest BCUT2D eigenvalue weighted by Gasteiger charge is -2.33. The molecule has 0 heterocycles. The first-order valence-electron chi connectivity index (χ1n) is 10.1. The van der Waals surface area contributed by atoms with E-state index in [0.717, 1.165) is 0 Å². The molecule has 6 unspecified atom stereocenters. The standard InChI is InChI=1S/C19H30N2O8/c1-2-15(20-16(24)13-7-9(22)3-5-11(13)18(26)27)21-17(25)14-8-10(23)4-6-12(14)19(28)29/h9-15,22-23H,2-8H2,1H3,(H,20,24)(H,21,25)(H,26,27)(H,28,29). The fraction of sp³-hybridized carbons (Fsp3) is 0.789. The van der Waals surface area contributed by atoms with Crippen molar-refractivity contribution in [2.24, 2.45) is 23.7 Å². The molecule has 29 heavy (non-hydrogen) atoms. The van der Waals surface area contributed by atoms with E-state index in [0.29, 0.717) is 19.3 Å². The van der Waals surface area contributed by atoms with E-state index < -0.39 is 65.8 Å². The molecule has 0 bridgehead atoms. The molecular weight excluding hydrogens is 384 g/mol. The molecule has 164 valence electrons. The number of carboxylic acid groups (broad SMARTS) is 2. The number of amides is 2. The molecule has 2 aliphatic carbocycles. The Bertz CT molecular complexity index is 588. The molecule has 0 aromatic rings. The summed E-state index contributed by atoms with van der Waals surface area (Å²) >= 11 is 0. The molecule has 0 aromatic carbocycles. The number of aliphatic hydroxyl groups is 2. The van der Waals surface area contributed by atoms with Crippen molar-refractivity contribution in [3.8, 4) is 0 Å². The lowest BCUT2D eigenvalue weighted by molar-refractivity contribution is -0.151. The van der Waals surface area contributed by atoms with E-state index in [-0.39, 0.29) is 25.7 Å². The van der Waals surface area contributed by atoms with Crippen LogP contribution in [-0.4, -0.2) is 62.6 Å². The maximum atomic E-state index is 12.6. The Balaban J connectivity index is 2.03. The summed E-state index contributed by atoms with van der Waals surface area (Å²) in [4.78, 5) is 48.1. The van der Waals surface area contributed by atoms with Gasteiger partial charge in [-0.15, -0.1) is 0 Å². The van der Waals surface area contributed by atoms with Crippen LogP contribution in [0.25, 0.3) is 0 Å². The van der Waals surface area contributed by atoms with Gasteiger partial charge in [-0.25, -0.2) is 0 Å². The summed E-state index contributed by atoms with van der Waals surface area (Å²) in [7, 11) is 0. The van der Waals surface area contributed by atoms with Crippen LogP contribution in [0.2, 0.25) is 0 Å². The Morgan fingerprint density at radius 1 is 0.759 bits per heavy atom. The number of aliphatic hydroxyl groups excluding tert-OH is 2. The van der Waals surface area contributed by atoms with Gasteiger partial charge >= 0.3 is 11.9 Å². The minimum absolute atomic E-state index is 0.0308. The number of hydrogen-bond donors (Lipinski definition) is 6. The quantitative estimate of drug-likeness (QED) is 0.307. The molecule has 0 saturated heterocycles. The number of rotatable bonds is 7. The number of carbonyl (C=O) groups excluding carboxylic acids is 2. The van der Waals surface area contributed by atoms with Crippen molar-refractivity contribution in [2.75, 3.05) is 0 Å². The minimum Gasteiger partial charge on any atom is -0.481 e. The first kappa shape index (κ1) is 23.1. The normalized spacial score (nSPS) is 33.3. The Hall–Kier alpha value is -2.20. The van der Waals surface area contributed by atoms with Gasteiger partial charge in [-0.3, -0.25) is 19.2 Å². The highest BCUT2D eigenvalue weighted by molar-refractivity contribution is 5.87. The van der Waals surface area contributed by atoms with Crippen LogP contribution in [0.5, 0.6) is 0 Å². The Morgan fingerprint density at radius 2 is 1.14 bits per heavy atom. The molecule has 10 nitrogen and oxygen atoms in total. The Labute approximate surface area is 168 Å². The summed E-state index contributed by atoms with van der Waals surface area (Å²) in [5, 5.41) is 43.6. The first-order chi connectivity index (χ1) is 13.6. The monoisotopic (exact) mass is 414 g/mol. The smallest absolute Gasteiger partial charge is 0.307 e. The van der Waals surface area contributed by atoms with Crippen LogP contribution in [0.3, 0.4) is 0 Å². The number of aliphatic carboxylic acids is 2. The summed E-state index contributed by atoms with van der Waals surface area (Å²) < 4.78 is 0. The second kappa shape index (κ2) is 10.0. The summed E-state index contributed by atoms with van der Waals surface area (Å²) in [5.41, 5.74) is 0. The highest BCUT2D eigenvalue weighted by Crippen LogP contribution is 2.32. The van der Waals surface area contributed by atoms with Gasteiger partial charge in [0.05, 0.1) is 35.9 Å². The van der Waals surface area contributed by atoms with Gasteiger partial charge in [0.2, 0.25) is 11.8 Å². The average Bonchev–Trinajstić information content (AvgIpc) is 2.66. The van der Waals surface area contributed by atoms with Gasteiger partial charge < -0.3 is 31.1 Å². The van der Waals surface area contributed by atoms with Gasteiger partial charge in [0.15, 0.2) is 0 Å². The van der Waals surface area contributed by atoms with E-state index in [9.17, 15) is 39.6 Å². The molecule has 0 radical (unpaired) electrons. The van der Waals surface area contributed by atoms with E-state index in [1.165, 1.54) is 0 Å². The van der Waals surface area contributed by atoms with Crippen molar-refractivity contribution in [1.82, 2.24) is 10.6 Å². The summed E-state index contributed by atoms with van der Waals surface area (Å²) in [6, 6.07) is 0. The van der Waals surface area contributed by atoms with Crippen LogP contribution in [-0.2, 0) is 19.2 Å². The number of hydrogen-bond acceptors (Lipinski definition) is 6. The van der Waals surface area contributed by atoms with Crippen molar-refractivity contribution in [1.29, 1.82) is 0 Å². The number of carbonyl (C=O) groups is 4. The third-order valence-corrected chi connectivity index (χ3v) is 5.99. The van der Waals surface area contributed by atoms with E-state index in [4.69, 9.17) is 0 Å². The summed E-state index contributed by atoms with van der Waals surface area (Å²) in [6.45, 7) is 1.71. The third kappa shape index (κ3) is 5.89. The largest absolute Gasteiger partial charge is 0.481 e. The van der Waals surface area contributed by atoms with Crippen LogP contribution in [0.1, 0.15) is 51.9 Å². The number of carboxylic acids is 2. The molecule has 2 saturated carbocycles. The molecule has 6 atom stereocenters. The van der Waals surface area contributed by atoms with Crippen LogP contribution >= 0.6 is 0 Å². The zero-order valence-electron chi connectivity index (χ0n) is 16.4. The van der Waals surface area contributed by atoms with E-state index >= 15 is 0 Å². The van der Waals surface area contributed by atoms with E-state index in [2.05, 4.69) is 10.6 Å². The van der Waals surface area contributed by atoms with Crippen molar-refractivity contribution in [3.63, 3.8) is 0 Å². The van der Waals surface area contributed by atoms with Gasteiger partial charge in [-0.1, -0.05) is 6.92 Å². The van der Waals surface area contributed by atoms with Gasteiger partial charge in [-0.2, -0.15) is 0 Å². The Morgan fingerprint density at radius 3 is 1.45 bits per heavy atom. The van der Waals surface area contributed by atoms with Crippen LogP contribution in [0.15, 0.2) is 0 Å². The number of nitrogens with one attached hydrogen (secondary N) is 2. The molecule has 2 fully saturated rings. The molecular formula is C19H30N2O8. The highest BCUT2D eigenvalue weighted by atomic mass is 16.4. The second-order valence-corrected chi connectivity index (χ2v) is 8.01. The van der Waals surface area contributed by atoms with Crippen LogP contribution in [0, 0.1) is 23.7 Å². The highest BCUT2D eigenvalue weighted by Gasteiger charge is 2.41. The molecule has 6 N–H and O–H groups in total. The minimum atomic E-state index is -1.10. The molecule has 0 aliphatic heterocycles. The van der Waals surface area contributed by atoms with E-state index in [1.54, 1.807) is 6.92 Å². The molecule has 2 aliphatic rings. The average molecular weight is 414 g/mol. The maximum absolute atomic E-state index is 12.6. The summed E-state index contributed by atoms with van der Waals surface area (Å²) in [6.07, 6.45) is -0.936. The second-order valence-electron chi connectivity index (χ2n) is 8.01. The zero-order chi connectivity index (χ0) is 21.7. The fourth-order valence-corrected chi connectivity index (χ4v) is 4.27. The van der Waals surface area contributed by atoms with Crippen LogP contribution in [0.4, 0.5) is 0 Å². The lowest BCUT2D eigenvalue weighted by Crippen LogP contribution is -2.54. The SMILES string of the molecule is CCC(NC(=O)C1CC(O)CCC1C(=O)O)NC(=O)C1CC(O)CCC1C(=O)O. The topological polar surface area (TPSA) is 173 Å². The fourth-order valence-electron chi connectivity index (χ4n) is 4.27. The van der Waals surface area contributed by atoms with Crippen molar-refractivity contribution >= 4 is 23.8 Å².